The lowest BCUT2D eigenvalue weighted by molar-refractivity contribution is -0.141. The van der Waals surface area contributed by atoms with Crippen molar-refractivity contribution in [2.75, 3.05) is 7.11 Å². The first-order valence-electron chi connectivity index (χ1n) is 9.11. The van der Waals surface area contributed by atoms with E-state index in [1.165, 1.54) is 35.3 Å². The lowest BCUT2D eigenvalue weighted by atomic mass is 10.0. The molecule has 2 aromatic heterocycles. The number of methoxy groups -OCH3 is 1. The van der Waals surface area contributed by atoms with E-state index in [9.17, 15) is 9.59 Å². The summed E-state index contributed by atoms with van der Waals surface area (Å²) in [5.41, 5.74) is 2.81. The van der Waals surface area contributed by atoms with Crippen LogP contribution >= 0.6 is 22.7 Å². The standard InChI is InChI=1S/C21H19N3O3S2/c1-12(2)13-8-9-15-17(10-13)29-21(24(15)11-18(25)27-3)23-19(26)20-22-14-6-4-5-7-16(14)28-20/h4-10,12H,11H2,1-3H3. The Bertz CT molecular complexity index is 1260. The molecule has 148 valence electrons. The number of para-hydroxylation sites is 1. The molecule has 2 aromatic carbocycles. The van der Waals surface area contributed by atoms with Crippen LogP contribution in [0.1, 0.15) is 35.1 Å². The maximum absolute atomic E-state index is 12.8. The Morgan fingerprint density at radius 2 is 1.93 bits per heavy atom. The summed E-state index contributed by atoms with van der Waals surface area (Å²) in [6.45, 7) is 4.24. The first-order valence-corrected chi connectivity index (χ1v) is 10.7. The van der Waals surface area contributed by atoms with Gasteiger partial charge in [-0.2, -0.15) is 4.99 Å². The highest BCUT2D eigenvalue weighted by Crippen LogP contribution is 2.25. The minimum Gasteiger partial charge on any atom is -0.468 e. The van der Waals surface area contributed by atoms with Crippen LogP contribution in [0.25, 0.3) is 20.4 Å². The maximum atomic E-state index is 12.8. The van der Waals surface area contributed by atoms with Crippen LogP contribution in [0, 0.1) is 0 Å². The average Bonchev–Trinajstić information content (AvgIpc) is 3.29. The Morgan fingerprint density at radius 1 is 1.14 bits per heavy atom. The van der Waals surface area contributed by atoms with E-state index in [2.05, 4.69) is 29.9 Å². The summed E-state index contributed by atoms with van der Waals surface area (Å²) in [4.78, 5) is 33.9. The summed E-state index contributed by atoms with van der Waals surface area (Å²) in [6, 6.07) is 13.7. The molecule has 4 rings (SSSR count). The van der Waals surface area contributed by atoms with E-state index < -0.39 is 11.9 Å². The van der Waals surface area contributed by atoms with E-state index in [0.717, 1.165) is 20.4 Å². The number of fused-ring (bicyclic) bond motifs is 2. The van der Waals surface area contributed by atoms with E-state index in [-0.39, 0.29) is 6.54 Å². The molecule has 0 saturated heterocycles. The van der Waals surface area contributed by atoms with E-state index >= 15 is 0 Å². The Kier molecular flexibility index (Phi) is 5.29. The highest BCUT2D eigenvalue weighted by Gasteiger charge is 2.15. The van der Waals surface area contributed by atoms with E-state index in [0.29, 0.717) is 15.7 Å². The van der Waals surface area contributed by atoms with Gasteiger partial charge in [-0.1, -0.05) is 43.4 Å². The van der Waals surface area contributed by atoms with Gasteiger partial charge in [0, 0.05) is 0 Å². The molecule has 0 aliphatic heterocycles. The average molecular weight is 426 g/mol. The Hall–Kier alpha value is -2.84. The number of benzene rings is 2. The van der Waals surface area contributed by atoms with Gasteiger partial charge in [0.1, 0.15) is 6.54 Å². The molecule has 0 fully saturated rings. The second-order valence-corrected chi connectivity index (χ2v) is 8.87. The molecule has 0 aliphatic carbocycles. The summed E-state index contributed by atoms with van der Waals surface area (Å²) in [5.74, 6) is -0.438. The molecule has 0 bridgehead atoms. The summed E-state index contributed by atoms with van der Waals surface area (Å²) in [7, 11) is 1.34. The molecule has 6 nitrogen and oxygen atoms in total. The quantitative estimate of drug-likeness (QED) is 0.456. The van der Waals surface area contributed by atoms with Crippen LogP contribution in [0.3, 0.4) is 0 Å². The third-order valence-corrected chi connectivity index (χ3v) is 6.63. The van der Waals surface area contributed by atoms with E-state index in [4.69, 9.17) is 4.74 Å². The molecule has 0 spiro atoms. The first kappa shape index (κ1) is 19.5. The van der Waals surface area contributed by atoms with Crippen LogP contribution in [-0.4, -0.2) is 28.5 Å². The predicted molar refractivity (Wildman–Crippen MR) is 115 cm³/mol. The van der Waals surface area contributed by atoms with Gasteiger partial charge >= 0.3 is 11.9 Å². The van der Waals surface area contributed by atoms with E-state index in [1.54, 1.807) is 4.57 Å². The summed E-state index contributed by atoms with van der Waals surface area (Å²) >= 11 is 2.69. The van der Waals surface area contributed by atoms with Gasteiger partial charge in [-0.05, 0) is 35.7 Å². The number of hydrogen-bond acceptors (Lipinski definition) is 6. The minimum absolute atomic E-state index is 0.0104. The van der Waals surface area contributed by atoms with Crippen LogP contribution < -0.4 is 4.80 Å². The Balaban J connectivity index is 1.84. The number of rotatable bonds is 4. The Morgan fingerprint density at radius 3 is 2.66 bits per heavy atom. The number of carbonyl (C=O) groups excluding carboxylic acids is 2. The van der Waals surface area contributed by atoms with Gasteiger partial charge in [-0.3, -0.25) is 9.59 Å². The topological polar surface area (TPSA) is 73.6 Å². The summed E-state index contributed by atoms with van der Waals surface area (Å²) < 4.78 is 8.46. The molecule has 29 heavy (non-hydrogen) atoms. The largest absolute Gasteiger partial charge is 0.468 e. The molecule has 1 amide bonds. The fraction of sp³-hybridized carbons (Fsp3) is 0.238. The summed E-state index contributed by atoms with van der Waals surface area (Å²) in [5, 5.41) is 0.330. The maximum Gasteiger partial charge on any atom is 0.325 e. The van der Waals surface area contributed by atoms with Crippen molar-refractivity contribution in [2.45, 2.75) is 26.3 Å². The highest BCUT2D eigenvalue weighted by atomic mass is 32.1. The van der Waals surface area contributed by atoms with Gasteiger partial charge in [-0.25, -0.2) is 4.98 Å². The van der Waals surface area contributed by atoms with Gasteiger partial charge in [0.25, 0.3) is 0 Å². The van der Waals surface area contributed by atoms with E-state index in [1.807, 2.05) is 36.4 Å². The summed E-state index contributed by atoms with van der Waals surface area (Å²) in [6.07, 6.45) is 0. The molecule has 4 aromatic rings. The number of aromatic nitrogens is 2. The van der Waals surface area contributed by atoms with Crippen LogP contribution in [0.4, 0.5) is 0 Å². The van der Waals surface area contributed by atoms with Crippen molar-refractivity contribution in [3.8, 4) is 0 Å². The zero-order valence-corrected chi connectivity index (χ0v) is 17.8. The molecule has 0 atom stereocenters. The normalized spacial score (nSPS) is 12.2. The van der Waals surface area contributed by atoms with Crippen molar-refractivity contribution in [3.05, 3.63) is 57.8 Å². The number of amides is 1. The van der Waals surface area contributed by atoms with Crippen molar-refractivity contribution >= 4 is 55.0 Å². The number of carbonyl (C=O) groups is 2. The lowest BCUT2D eigenvalue weighted by Crippen LogP contribution is -2.22. The third-order valence-electron chi connectivity index (χ3n) is 4.56. The van der Waals surface area contributed by atoms with Crippen LogP contribution in [-0.2, 0) is 16.1 Å². The van der Waals surface area contributed by atoms with Gasteiger partial charge in [0.15, 0.2) is 9.81 Å². The number of thiazole rings is 2. The first-order chi connectivity index (χ1) is 14.0. The molecule has 0 saturated carbocycles. The van der Waals surface area contributed by atoms with Crippen LogP contribution in [0.5, 0.6) is 0 Å². The second-order valence-electron chi connectivity index (χ2n) is 6.83. The van der Waals surface area contributed by atoms with Gasteiger partial charge in [0.2, 0.25) is 0 Å². The van der Waals surface area contributed by atoms with Crippen molar-refractivity contribution < 1.29 is 14.3 Å². The molecular formula is C21H19N3O3S2. The van der Waals surface area contributed by atoms with Crippen molar-refractivity contribution in [2.24, 2.45) is 4.99 Å². The second kappa shape index (κ2) is 7.88. The zero-order chi connectivity index (χ0) is 20.5. The predicted octanol–water partition coefficient (Wildman–Crippen LogP) is 4.35. The monoisotopic (exact) mass is 425 g/mol. The molecule has 0 aliphatic rings. The third kappa shape index (κ3) is 3.86. The van der Waals surface area contributed by atoms with Gasteiger partial charge in [-0.15, -0.1) is 11.3 Å². The number of ether oxygens (including phenoxy) is 1. The SMILES string of the molecule is COC(=O)Cn1c(=NC(=O)c2nc3ccccc3s2)sc2cc(C(C)C)ccc21. The number of nitrogens with zero attached hydrogens (tertiary/aromatic N) is 3. The lowest BCUT2D eigenvalue weighted by Gasteiger charge is -2.06. The zero-order valence-electron chi connectivity index (χ0n) is 16.2. The number of hydrogen-bond donors (Lipinski definition) is 0. The molecule has 0 radical (unpaired) electrons. The van der Waals surface area contributed by atoms with Crippen LogP contribution in [0.2, 0.25) is 0 Å². The molecular weight excluding hydrogens is 406 g/mol. The van der Waals surface area contributed by atoms with Crippen molar-refractivity contribution in [3.63, 3.8) is 0 Å². The fourth-order valence-corrected chi connectivity index (χ4v) is 4.91. The molecule has 2 heterocycles. The van der Waals surface area contributed by atoms with Gasteiger partial charge < -0.3 is 9.30 Å². The van der Waals surface area contributed by atoms with Gasteiger partial charge in [0.05, 0.1) is 27.5 Å². The molecule has 8 heteroatoms. The highest BCUT2D eigenvalue weighted by molar-refractivity contribution is 7.20. The Labute approximate surface area is 175 Å². The smallest absolute Gasteiger partial charge is 0.325 e. The van der Waals surface area contributed by atoms with Crippen molar-refractivity contribution in [1.29, 1.82) is 0 Å². The molecule has 0 N–H and O–H groups in total. The van der Waals surface area contributed by atoms with Crippen LogP contribution in [0.15, 0.2) is 47.5 Å². The molecule has 0 unspecified atom stereocenters. The number of esters is 1. The minimum atomic E-state index is -0.416. The fourth-order valence-electron chi connectivity index (χ4n) is 2.98. The van der Waals surface area contributed by atoms with Crippen molar-refractivity contribution in [1.82, 2.24) is 9.55 Å².